The van der Waals surface area contributed by atoms with Crippen molar-refractivity contribution in [1.29, 1.82) is 0 Å². The van der Waals surface area contributed by atoms with E-state index in [1.807, 2.05) is 6.92 Å². The second kappa shape index (κ2) is 5.15. The maximum absolute atomic E-state index is 12.1. The number of aliphatic hydroxyl groups is 2. The van der Waals surface area contributed by atoms with Crippen LogP contribution in [0.2, 0.25) is 0 Å². The van der Waals surface area contributed by atoms with Gasteiger partial charge in [-0.05, 0) is 32.1 Å². The number of carbonyl (C=O) groups excluding carboxylic acids is 1. The van der Waals surface area contributed by atoms with E-state index in [9.17, 15) is 15.0 Å². The lowest BCUT2D eigenvalue weighted by atomic mass is 9.69. The zero-order valence-corrected chi connectivity index (χ0v) is 11.1. The van der Waals surface area contributed by atoms with Gasteiger partial charge in [0.25, 0.3) is 0 Å². The Morgan fingerprint density at radius 2 is 2.11 bits per heavy atom. The lowest BCUT2D eigenvalue weighted by Crippen LogP contribution is -2.70. The highest BCUT2D eigenvalue weighted by Gasteiger charge is 2.54. The molecule has 5 heteroatoms. The van der Waals surface area contributed by atoms with Gasteiger partial charge in [0.2, 0.25) is 5.91 Å². The number of hydrogen-bond donors (Lipinski definition) is 2. The average molecular weight is 257 g/mol. The summed E-state index contributed by atoms with van der Waals surface area (Å²) in [5.41, 5.74) is -0.923. The summed E-state index contributed by atoms with van der Waals surface area (Å²) in [7, 11) is 1.49. The molecule has 0 aromatic rings. The zero-order valence-electron chi connectivity index (χ0n) is 11.1. The number of carbonyl (C=O) groups is 1. The van der Waals surface area contributed by atoms with Gasteiger partial charge in [-0.25, -0.2) is 0 Å². The molecule has 2 N–H and O–H groups in total. The molecule has 3 rings (SSSR count). The van der Waals surface area contributed by atoms with E-state index in [-0.39, 0.29) is 18.6 Å². The van der Waals surface area contributed by atoms with Crippen molar-refractivity contribution in [3.8, 4) is 0 Å². The molecule has 0 aromatic carbocycles. The van der Waals surface area contributed by atoms with E-state index >= 15 is 0 Å². The monoisotopic (exact) mass is 257 g/mol. The van der Waals surface area contributed by atoms with Crippen LogP contribution in [0.1, 0.15) is 39.0 Å². The normalized spacial score (nSPS) is 36.8. The minimum atomic E-state index is -0.923. The molecule has 3 fully saturated rings. The zero-order chi connectivity index (χ0) is 13.3. The number of rotatable bonds is 4. The fourth-order valence-corrected chi connectivity index (χ4v) is 3.49. The minimum absolute atomic E-state index is 0.0134. The quantitative estimate of drug-likeness (QED) is 0.759. The first-order chi connectivity index (χ1) is 8.53. The molecule has 1 aliphatic carbocycles. The van der Waals surface area contributed by atoms with E-state index in [1.165, 1.54) is 7.11 Å². The van der Waals surface area contributed by atoms with Crippen molar-refractivity contribution in [2.24, 2.45) is 0 Å². The predicted molar refractivity (Wildman–Crippen MR) is 66.0 cm³/mol. The second-order valence-electron chi connectivity index (χ2n) is 5.49. The maximum Gasteiger partial charge on any atom is 0.249 e. The first-order valence-corrected chi connectivity index (χ1v) is 6.74. The molecule has 3 aliphatic rings. The predicted octanol–water partition coefficient (Wildman–Crippen LogP) is 0.288. The SMILES string of the molecule is CC[C@H](O)[C@@H]1N(C(=O)COC)C2CCC1(O)CC2. The molecule has 104 valence electrons. The van der Waals surface area contributed by atoms with Crippen LogP contribution in [0.4, 0.5) is 0 Å². The molecule has 2 heterocycles. The molecule has 5 nitrogen and oxygen atoms in total. The van der Waals surface area contributed by atoms with Crippen LogP contribution in [0.25, 0.3) is 0 Å². The molecular weight excluding hydrogens is 234 g/mol. The van der Waals surface area contributed by atoms with Gasteiger partial charge < -0.3 is 19.8 Å². The third-order valence-electron chi connectivity index (χ3n) is 4.40. The Morgan fingerprint density at radius 3 is 2.61 bits per heavy atom. The molecule has 2 aliphatic heterocycles. The third kappa shape index (κ3) is 2.15. The van der Waals surface area contributed by atoms with E-state index in [0.29, 0.717) is 19.3 Å². The van der Waals surface area contributed by atoms with Gasteiger partial charge in [-0.3, -0.25) is 4.79 Å². The summed E-state index contributed by atoms with van der Waals surface area (Å²) in [5.74, 6) is -0.127. The fraction of sp³-hybridized carbons (Fsp3) is 0.923. The topological polar surface area (TPSA) is 70.0 Å². The van der Waals surface area contributed by atoms with Crippen LogP contribution < -0.4 is 0 Å². The van der Waals surface area contributed by atoms with E-state index < -0.39 is 17.7 Å². The summed E-state index contributed by atoms with van der Waals surface area (Å²) in [6.45, 7) is 1.88. The van der Waals surface area contributed by atoms with Crippen molar-refractivity contribution in [3.63, 3.8) is 0 Å². The smallest absolute Gasteiger partial charge is 0.249 e. The average Bonchev–Trinajstić information content (AvgIpc) is 2.37. The molecule has 0 unspecified atom stereocenters. The van der Waals surface area contributed by atoms with Gasteiger partial charge in [0.15, 0.2) is 0 Å². The highest BCUT2D eigenvalue weighted by atomic mass is 16.5. The van der Waals surface area contributed by atoms with Crippen LogP contribution in [0, 0.1) is 0 Å². The molecular formula is C13H23NO4. The highest BCUT2D eigenvalue weighted by Crippen LogP contribution is 2.44. The summed E-state index contributed by atoms with van der Waals surface area (Å²) >= 11 is 0. The van der Waals surface area contributed by atoms with Gasteiger partial charge in [0.05, 0.1) is 17.7 Å². The van der Waals surface area contributed by atoms with E-state index in [4.69, 9.17) is 4.74 Å². The number of amides is 1. The largest absolute Gasteiger partial charge is 0.391 e. The van der Waals surface area contributed by atoms with Crippen LogP contribution in [-0.4, -0.2) is 58.5 Å². The van der Waals surface area contributed by atoms with Gasteiger partial charge in [0.1, 0.15) is 6.61 Å². The Labute approximate surface area is 108 Å². The minimum Gasteiger partial charge on any atom is -0.391 e. The Hall–Kier alpha value is -0.650. The van der Waals surface area contributed by atoms with Crippen LogP contribution in [0.3, 0.4) is 0 Å². The van der Waals surface area contributed by atoms with Crippen LogP contribution >= 0.6 is 0 Å². The maximum atomic E-state index is 12.1. The highest BCUT2D eigenvalue weighted by molar-refractivity contribution is 5.78. The molecule has 1 amide bonds. The Kier molecular flexibility index (Phi) is 3.94. The number of aliphatic hydroxyl groups excluding tert-OH is 1. The van der Waals surface area contributed by atoms with Crippen LogP contribution in [0.5, 0.6) is 0 Å². The standard InChI is InChI=1S/C13H23NO4/c1-3-10(15)12-13(17)6-4-9(5-7-13)14(12)11(16)8-18-2/h9-10,12,15,17H,3-8H2,1-2H3/t9?,10-,12-,13?/m0/s1. The van der Waals surface area contributed by atoms with Crippen molar-refractivity contribution in [3.05, 3.63) is 0 Å². The first-order valence-electron chi connectivity index (χ1n) is 6.74. The molecule has 0 radical (unpaired) electrons. The number of fused-ring (bicyclic) bond motifs is 3. The van der Waals surface area contributed by atoms with E-state index in [2.05, 4.69) is 0 Å². The van der Waals surface area contributed by atoms with E-state index in [0.717, 1.165) is 12.8 Å². The summed E-state index contributed by atoms with van der Waals surface area (Å²) in [6.07, 6.45) is 2.86. The van der Waals surface area contributed by atoms with Crippen molar-refractivity contribution in [2.75, 3.05) is 13.7 Å². The molecule has 18 heavy (non-hydrogen) atoms. The third-order valence-corrected chi connectivity index (χ3v) is 4.40. The van der Waals surface area contributed by atoms with Crippen molar-refractivity contribution in [2.45, 2.75) is 62.8 Å². The summed E-state index contributed by atoms with van der Waals surface area (Å²) in [4.78, 5) is 13.8. The molecule has 2 saturated heterocycles. The Bertz CT molecular complexity index is 312. The summed E-state index contributed by atoms with van der Waals surface area (Å²) in [6, 6.07) is -0.328. The molecule has 1 saturated carbocycles. The van der Waals surface area contributed by atoms with Crippen LogP contribution in [0.15, 0.2) is 0 Å². The Morgan fingerprint density at radius 1 is 1.50 bits per heavy atom. The number of piperidine rings is 2. The first kappa shape index (κ1) is 13.8. The van der Waals surface area contributed by atoms with Gasteiger partial charge >= 0.3 is 0 Å². The number of ether oxygens (including phenoxy) is 1. The molecule has 2 bridgehead atoms. The Balaban J connectivity index is 2.26. The number of nitrogens with zero attached hydrogens (tertiary/aromatic N) is 1. The summed E-state index contributed by atoms with van der Waals surface area (Å²) < 4.78 is 4.90. The number of hydrogen-bond acceptors (Lipinski definition) is 4. The lowest BCUT2D eigenvalue weighted by molar-refractivity contribution is -0.190. The van der Waals surface area contributed by atoms with Crippen molar-refractivity contribution >= 4 is 5.91 Å². The lowest BCUT2D eigenvalue weighted by Gasteiger charge is -2.57. The fourth-order valence-electron chi connectivity index (χ4n) is 3.49. The second-order valence-corrected chi connectivity index (χ2v) is 5.49. The van der Waals surface area contributed by atoms with E-state index in [1.54, 1.807) is 4.90 Å². The van der Waals surface area contributed by atoms with Gasteiger partial charge in [-0.1, -0.05) is 6.92 Å². The molecule has 0 spiro atoms. The number of methoxy groups -OCH3 is 1. The van der Waals surface area contributed by atoms with Crippen LogP contribution in [-0.2, 0) is 9.53 Å². The summed E-state index contributed by atoms with van der Waals surface area (Å²) in [5, 5.41) is 20.8. The van der Waals surface area contributed by atoms with Gasteiger partial charge in [-0.15, -0.1) is 0 Å². The van der Waals surface area contributed by atoms with Crippen molar-refractivity contribution in [1.82, 2.24) is 4.90 Å². The van der Waals surface area contributed by atoms with Gasteiger partial charge in [0, 0.05) is 13.2 Å². The van der Waals surface area contributed by atoms with Gasteiger partial charge in [-0.2, -0.15) is 0 Å². The molecule has 2 atom stereocenters. The van der Waals surface area contributed by atoms with Crippen molar-refractivity contribution < 1.29 is 19.7 Å². The molecule has 0 aromatic heterocycles.